The number of carbonyl (C=O) groups excluding carboxylic acids is 1. The van der Waals surface area contributed by atoms with Gasteiger partial charge in [0.2, 0.25) is 5.91 Å². The molecule has 0 aromatic carbocycles. The number of hydrogen-bond acceptors (Lipinski definition) is 8. The Morgan fingerprint density at radius 1 is 0.479 bits per heavy atom. The standard InChI is InChI=1S/C64H117NO8/c1-3-5-7-9-11-13-15-17-18-19-20-21-22-23-24-25-26-27-28-29-30-31-32-33-34-35-36-37-38-39-40-42-44-46-48-50-52-54-60(68)65-57(56-72-64-63(71)62(70)61(69)59(55-66)73-64)58(67)53-51-49-47-45-43-41-16-14-12-10-8-6-4-2/h5,7,11,13,17-18,20-21,23-24,57-59,61-64,66-67,69-71H,3-4,6,8-10,12,14-16,19,22,25-56H2,1-2H3,(H,65,68)/b7-5-,13-11-,18-17-,21-20-,24-23-. The lowest BCUT2D eigenvalue weighted by Gasteiger charge is -2.40. The van der Waals surface area contributed by atoms with Crippen molar-refractivity contribution in [2.75, 3.05) is 13.2 Å². The summed E-state index contributed by atoms with van der Waals surface area (Å²) in [7, 11) is 0. The minimum Gasteiger partial charge on any atom is -0.394 e. The first-order chi connectivity index (χ1) is 35.8. The molecule has 9 heteroatoms. The summed E-state index contributed by atoms with van der Waals surface area (Å²) >= 11 is 0. The van der Waals surface area contributed by atoms with Crippen molar-refractivity contribution in [3.05, 3.63) is 60.8 Å². The Bertz CT molecular complexity index is 1330. The number of rotatable bonds is 53. The first-order valence-electron chi connectivity index (χ1n) is 31.0. The fourth-order valence-corrected chi connectivity index (χ4v) is 9.78. The van der Waals surface area contributed by atoms with Gasteiger partial charge in [0.1, 0.15) is 24.4 Å². The summed E-state index contributed by atoms with van der Waals surface area (Å²) < 4.78 is 11.3. The van der Waals surface area contributed by atoms with Crippen molar-refractivity contribution in [3.8, 4) is 0 Å². The van der Waals surface area contributed by atoms with Gasteiger partial charge in [-0.2, -0.15) is 0 Å². The van der Waals surface area contributed by atoms with Crippen LogP contribution in [0.5, 0.6) is 0 Å². The van der Waals surface area contributed by atoms with Crippen LogP contribution in [0.15, 0.2) is 60.8 Å². The lowest BCUT2D eigenvalue weighted by atomic mass is 9.99. The summed E-state index contributed by atoms with van der Waals surface area (Å²) in [4.78, 5) is 13.1. The van der Waals surface area contributed by atoms with Gasteiger partial charge in [-0.3, -0.25) is 4.79 Å². The molecule has 6 N–H and O–H groups in total. The number of nitrogens with one attached hydrogen (secondary N) is 1. The third-order valence-corrected chi connectivity index (χ3v) is 14.6. The summed E-state index contributed by atoms with van der Waals surface area (Å²) in [5.41, 5.74) is 0. The maximum atomic E-state index is 13.1. The van der Waals surface area contributed by atoms with Gasteiger partial charge in [-0.1, -0.05) is 280 Å². The Balaban J connectivity index is 2.05. The molecule has 426 valence electrons. The molecular weight excluding hydrogens is 911 g/mol. The van der Waals surface area contributed by atoms with Crippen molar-refractivity contribution in [2.45, 2.75) is 326 Å². The van der Waals surface area contributed by atoms with Gasteiger partial charge < -0.3 is 40.3 Å². The zero-order chi connectivity index (χ0) is 52.9. The largest absolute Gasteiger partial charge is 0.394 e. The van der Waals surface area contributed by atoms with Gasteiger partial charge in [0.05, 0.1) is 25.4 Å². The van der Waals surface area contributed by atoms with Crippen LogP contribution in [-0.4, -0.2) is 87.5 Å². The summed E-state index contributed by atoms with van der Waals surface area (Å²) in [6.07, 6.45) is 65.6. The smallest absolute Gasteiger partial charge is 0.220 e. The van der Waals surface area contributed by atoms with Crippen molar-refractivity contribution in [3.63, 3.8) is 0 Å². The van der Waals surface area contributed by atoms with E-state index in [-0.39, 0.29) is 12.5 Å². The zero-order valence-corrected chi connectivity index (χ0v) is 47.4. The van der Waals surface area contributed by atoms with E-state index in [1.165, 1.54) is 186 Å². The van der Waals surface area contributed by atoms with E-state index in [1.54, 1.807) is 0 Å². The van der Waals surface area contributed by atoms with E-state index < -0.39 is 49.5 Å². The fourth-order valence-electron chi connectivity index (χ4n) is 9.78. The number of unbranched alkanes of at least 4 members (excludes halogenated alkanes) is 33. The molecule has 1 aliphatic rings. The highest BCUT2D eigenvalue weighted by atomic mass is 16.7. The van der Waals surface area contributed by atoms with Crippen LogP contribution in [0.1, 0.15) is 284 Å². The van der Waals surface area contributed by atoms with Crippen LogP contribution in [-0.2, 0) is 14.3 Å². The van der Waals surface area contributed by atoms with Crippen LogP contribution in [0.4, 0.5) is 0 Å². The molecule has 0 radical (unpaired) electrons. The lowest BCUT2D eigenvalue weighted by Crippen LogP contribution is -2.60. The second-order valence-corrected chi connectivity index (χ2v) is 21.5. The number of allylic oxidation sites excluding steroid dienone is 10. The quantitative estimate of drug-likeness (QED) is 0.0261. The Morgan fingerprint density at radius 2 is 0.849 bits per heavy atom. The van der Waals surface area contributed by atoms with Crippen LogP contribution in [0, 0.1) is 0 Å². The minimum atomic E-state index is -1.55. The number of carbonyl (C=O) groups is 1. The monoisotopic (exact) mass is 1030 g/mol. The molecule has 0 aromatic heterocycles. The molecule has 0 bridgehead atoms. The maximum Gasteiger partial charge on any atom is 0.220 e. The zero-order valence-electron chi connectivity index (χ0n) is 47.4. The van der Waals surface area contributed by atoms with Crippen molar-refractivity contribution in [2.24, 2.45) is 0 Å². The average Bonchev–Trinajstić information content (AvgIpc) is 3.39. The van der Waals surface area contributed by atoms with E-state index in [9.17, 15) is 30.3 Å². The Hall–Kier alpha value is -2.11. The van der Waals surface area contributed by atoms with Crippen LogP contribution in [0.3, 0.4) is 0 Å². The minimum absolute atomic E-state index is 0.136. The summed E-state index contributed by atoms with van der Waals surface area (Å²) in [5, 5.41) is 54.6. The Labute approximate surface area is 449 Å². The van der Waals surface area contributed by atoms with Gasteiger partial charge in [-0.15, -0.1) is 0 Å². The van der Waals surface area contributed by atoms with Crippen LogP contribution >= 0.6 is 0 Å². The van der Waals surface area contributed by atoms with E-state index in [4.69, 9.17) is 9.47 Å². The third kappa shape index (κ3) is 42.7. The van der Waals surface area contributed by atoms with E-state index in [0.717, 1.165) is 70.6 Å². The van der Waals surface area contributed by atoms with Crippen molar-refractivity contribution >= 4 is 5.91 Å². The van der Waals surface area contributed by atoms with E-state index in [0.29, 0.717) is 12.8 Å². The summed E-state index contributed by atoms with van der Waals surface area (Å²) in [6, 6.07) is -0.718. The molecule has 0 aliphatic carbocycles. The maximum absolute atomic E-state index is 13.1. The van der Waals surface area contributed by atoms with E-state index in [2.05, 4.69) is 79.9 Å². The molecule has 1 heterocycles. The highest BCUT2D eigenvalue weighted by Crippen LogP contribution is 2.23. The third-order valence-electron chi connectivity index (χ3n) is 14.6. The normalized spacial score (nSPS) is 19.5. The molecule has 9 nitrogen and oxygen atoms in total. The first-order valence-corrected chi connectivity index (χ1v) is 31.0. The van der Waals surface area contributed by atoms with Gasteiger partial charge in [0, 0.05) is 6.42 Å². The van der Waals surface area contributed by atoms with Crippen LogP contribution < -0.4 is 5.32 Å². The average molecular weight is 1030 g/mol. The van der Waals surface area contributed by atoms with Crippen molar-refractivity contribution in [1.29, 1.82) is 0 Å². The molecule has 0 aromatic rings. The number of aliphatic hydroxyl groups is 5. The van der Waals surface area contributed by atoms with Crippen LogP contribution in [0.2, 0.25) is 0 Å². The molecule has 7 unspecified atom stereocenters. The number of amides is 1. The molecule has 1 fully saturated rings. The highest BCUT2D eigenvalue weighted by molar-refractivity contribution is 5.76. The topological polar surface area (TPSA) is 149 Å². The molecular formula is C64H117NO8. The predicted octanol–water partition coefficient (Wildman–Crippen LogP) is 15.9. The number of aliphatic hydroxyl groups excluding tert-OH is 5. The van der Waals surface area contributed by atoms with Gasteiger partial charge >= 0.3 is 0 Å². The summed E-state index contributed by atoms with van der Waals surface area (Å²) in [6.45, 7) is 3.74. The molecule has 1 aliphatic heterocycles. The van der Waals surface area contributed by atoms with Gasteiger partial charge in [-0.25, -0.2) is 0 Å². The first kappa shape index (κ1) is 68.9. The molecule has 0 spiro atoms. The second kappa shape index (κ2) is 53.3. The molecule has 1 saturated heterocycles. The van der Waals surface area contributed by atoms with Crippen LogP contribution in [0.25, 0.3) is 0 Å². The van der Waals surface area contributed by atoms with Crippen molar-refractivity contribution < 1.29 is 39.8 Å². The fraction of sp³-hybridized carbons (Fsp3) is 0.828. The molecule has 0 saturated carbocycles. The SMILES string of the molecule is CC/C=C\C/C=C\C/C=C\C/C=C\C/C=C\CCCCCCCCCCCCCCCCCCCCCCCC(=O)NC(COC1OC(CO)C(O)C(O)C1O)C(O)CCCCCCCCCCCCCCC. The molecule has 73 heavy (non-hydrogen) atoms. The second-order valence-electron chi connectivity index (χ2n) is 21.5. The molecule has 1 rings (SSSR count). The lowest BCUT2D eigenvalue weighted by molar-refractivity contribution is -0.302. The van der Waals surface area contributed by atoms with Gasteiger partial charge in [0.25, 0.3) is 0 Å². The summed E-state index contributed by atoms with van der Waals surface area (Å²) in [5.74, 6) is -0.141. The van der Waals surface area contributed by atoms with Gasteiger partial charge in [-0.05, 0) is 57.8 Å². The van der Waals surface area contributed by atoms with E-state index >= 15 is 0 Å². The Morgan fingerprint density at radius 3 is 1.26 bits per heavy atom. The number of hydrogen-bond donors (Lipinski definition) is 6. The van der Waals surface area contributed by atoms with Gasteiger partial charge in [0.15, 0.2) is 6.29 Å². The predicted molar refractivity (Wildman–Crippen MR) is 309 cm³/mol. The highest BCUT2D eigenvalue weighted by Gasteiger charge is 2.44. The number of ether oxygens (including phenoxy) is 2. The Kier molecular flexibility index (Phi) is 50.3. The van der Waals surface area contributed by atoms with E-state index in [1.807, 2.05) is 0 Å². The van der Waals surface area contributed by atoms with Crippen molar-refractivity contribution in [1.82, 2.24) is 5.32 Å². The molecule has 1 amide bonds. The molecule has 7 atom stereocenters.